The number of aryl methyl sites for hydroxylation is 1. The molecule has 1 aromatic rings. The van der Waals surface area contributed by atoms with Crippen molar-refractivity contribution in [3.63, 3.8) is 0 Å². The van der Waals surface area contributed by atoms with Crippen molar-refractivity contribution in [2.45, 2.75) is 60.0 Å². The van der Waals surface area contributed by atoms with Gasteiger partial charge in [0, 0.05) is 0 Å². The third-order valence-electron chi connectivity index (χ3n) is 4.17. The first-order valence-electron chi connectivity index (χ1n) is 8.40. The van der Waals surface area contributed by atoms with Gasteiger partial charge in [0.05, 0.1) is 6.61 Å². The predicted octanol–water partition coefficient (Wildman–Crippen LogP) is 4.19. The minimum Gasteiger partial charge on any atom is -0.465 e. The molecule has 0 bridgehead atoms. The number of rotatable bonds is 9. The van der Waals surface area contributed by atoms with E-state index in [1.54, 1.807) is 0 Å². The monoisotopic (exact) mass is 320 g/mol. The Labute approximate surface area is 139 Å². The summed E-state index contributed by atoms with van der Waals surface area (Å²) in [5, 5.41) is 0. The number of benzene rings is 1. The Morgan fingerprint density at radius 2 is 1.70 bits per heavy atom. The molecule has 1 aromatic carbocycles. The minimum atomic E-state index is -1.20. The normalized spacial score (nSPS) is 11.1. The smallest absolute Gasteiger partial charge is 0.323 e. The van der Waals surface area contributed by atoms with Gasteiger partial charge in [0.1, 0.15) is 6.61 Å². The van der Waals surface area contributed by atoms with E-state index < -0.39 is 17.4 Å². The number of esters is 2. The summed E-state index contributed by atoms with van der Waals surface area (Å²) in [6, 6.07) is 7.77. The van der Waals surface area contributed by atoms with E-state index in [1.807, 2.05) is 52.0 Å². The maximum absolute atomic E-state index is 12.5. The molecule has 23 heavy (non-hydrogen) atoms. The van der Waals surface area contributed by atoms with Crippen LogP contribution in [0.2, 0.25) is 0 Å². The number of carbonyl (C=O) groups excluding carboxylic acids is 2. The molecule has 0 aliphatic rings. The zero-order chi connectivity index (χ0) is 17.3. The molecule has 0 N–H and O–H groups in total. The Morgan fingerprint density at radius 3 is 2.26 bits per heavy atom. The molecular formula is C19H28O4. The minimum absolute atomic E-state index is 0.171. The van der Waals surface area contributed by atoms with Crippen LogP contribution in [0.1, 0.15) is 57.6 Å². The molecule has 0 heterocycles. The van der Waals surface area contributed by atoms with Crippen LogP contribution in [0, 0.1) is 12.3 Å². The fraction of sp³-hybridized carbons (Fsp3) is 0.579. The van der Waals surface area contributed by atoms with Gasteiger partial charge in [0.15, 0.2) is 5.41 Å². The van der Waals surface area contributed by atoms with Gasteiger partial charge < -0.3 is 9.47 Å². The van der Waals surface area contributed by atoms with Crippen molar-refractivity contribution >= 4 is 11.9 Å². The molecule has 0 fully saturated rings. The summed E-state index contributed by atoms with van der Waals surface area (Å²) in [6.07, 6.45) is 2.49. The molecule has 0 saturated carbocycles. The van der Waals surface area contributed by atoms with Gasteiger partial charge in [-0.25, -0.2) is 0 Å². The summed E-state index contributed by atoms with van der Waals surface area (Å²) in [5.41, 5.74) is 0.825. The molecule has 0 aromatic heterocycles. The van der Waals surface area contributed by atoms with Crippen LogP contribution in [0.5, 0.6) is 0 Å². The Balaban J connectivity index is 2.74. The average Bonchev–Trinajstić information content (AvgIpc) is 2.55. The first-order chi connectivity index (χ1) is 11.0. The molecule has 4 nitrogen and oxygen atoms in total. The summed E-state index contributed by atoms with van der Waals surface area (Å²) in [6.45, 7) is 8.17. The van der Waals surface area contributed by atoms with Crippen LogP contribution < -0.4 is 0 Å². The lowest BCUT2D eigenvalue weighted by Gasteiger charge is -2.27. The Bertz CT molecular complexity index is 518. The molecule has 4 heteroatoms. The van der Waals surface area contributed by atoms with Gasteiger partial charge in [0.2, 0.25) is 0 Å². The third-order valence-corrected chi connectivity index (χ3v) is 4.17. The first kappa shape index (κ1) is 19.2. The second kappa shape index (κ2) is 9.33. The summed E-state index contributed by atoms with van der Waals surface area (Å²) < 4.78 is 10.7. The van der Waals surface area contributed by atoms with E-state index in [0.717, 1.165) is 24.0 Å². The predicted molar refractivity (Wildman–Crippen MR) is 89.9 cm³/mol. The number of hydrogen-bond acceptors (Lipinski definition) is 4. The zero-order valence-electron chi connectivity index (χ0n) is 14.7. The third kappa shape index (κ3) is 5.08. The molecule has 0 spiro atoms. The highest BCUT2D eigenvalue weighted by atomic mass is 16.6. The van der Waals surface area contributed by atoms with Crippen molar-refractivity contribution in [1.29, 1.82) is 0 Å². The maximum atomic E-state index is 12.5. The lowest BCUT2D eigenvalue weighted by Crippen LogP contribution is -2.41. The SMILES string of the molecule is CCCCOC(=O)C(CC)(CC)C(=O)OCc1cccc(C)c1. The van der Waals surface area contributed by atoms with Crippen molar-refractivity contribution in [3.8, 4) is 0 Å². The number of ether oxygens (including phenoxy) is 2. The largest absolute Gasteiger partial charge is 0.465 e. The fourth-order valence-corrected chi connectivity index (χ4v) is 2.45. The summed E-state index contributed by atoms with van der Waals surface area (Å²) in [4.78, 5) is 24.9. The molecule has 1 rings (SSSR count). The van der Waals surface area contributed by atoms with E-state index >= 15 is 0 Å². The van der Waals surface area contributed by atoms with E-state index in [1.165, 1.54) is 0 Å². The summed E-state index contributed by atoms with van der Waals surface area (Å²) in [7, 11) is 0. The number of hydrogen-bond donors (Lipinski definition) is 0. The van der Waals surface area contributed by atoms with Gasteiger partial charge in [-0.2, -0.15) is 0 Å². The van der Waals surface area contributed by atoms with E-state index in [2.05, 4.69) is 0 Å². The highest BCUT2D eigenvalue weighted by molar-refractivity contribution is 5.99. The summed E-state index contributed by atoms with van der Waals surface area (Å²) in [5.74, 6) is -0.962. The van der Waals surface area contributed by atoms with E-state index in [9.17, 15) is 9.59 Å². The topological polar surface area (TPSA) is 52.6 Å². The highest BCUT2D eigenvalue weighted by Crippen LogP contribution is 2.30. The van der Waals surface area contributed by atoms with Crippen LogP contribution in [0.25, 0.3) is 0 Å². The maximum Gasteiger partial charge on any atom is 0.323 e. The van der Waals surface area contributed by atoms with Crippen LogP contribution in [0.4, 0.5) is 0 Å². The lowest BCUT2D eigenvalue weighted by atomic mass is 9.82. The Morgan fingerprint density at radius 1 is 1.04 bits per heavy atom. The second-order valence-electron chi connectivity index (χ2n) is 5.84. The van der Waals surface area contributed by atoms with Gasteiger partial charge in [-0.05, 0) is 31.7 Å². The van der Waals surface area contributed by atoms with Crippen LogP contribution in [-0.2, 0) is 25.7 Å². The molecule has 0 radical (unpaired) electrons. The van der Waals surface area contributed by atoms with Crippen LogP contribution in [-0.4, -0.2) is 18.5 Å². The van der Waals surface area contributed by atoms with Crippen LogP contribution in [0.3, 0.4) is 0 Å². The molecule has 128 valence electrons. The Hall–Kier alpha value is -1.84. The van der Waals surface area contributed by atoms with E-state index in [4.69, 9.17) is 9.47 Å². The zero-order valence-corrected chi connectivity index (χ0v) is 14.7. The fourth-order valence-electron chi connectivity index (χ4n) is 2.45. The van der Waals surface area contributed by atoms with Crippen LogP contribution in [0.15, 0.2) is 24.3 Å². The highest BCUT2D eigenvalue weighted by Gasteiger charge is 2.45. The van der Waals surface area contributed by atoms with Gasteiger partial charge >= 0.3 is 11.9 Å². The molecule has 0 unspecified atom stereocenters. The second-order valence-corrected chi connectivity index (χ2v) is 5.84. The molecule has 0 saturated heterocycles. The number of unbranched alkanes of at least 4 members (excludes halogenated alkanes) is 1. The van der Waals surface area contributed by atoms with E-state index in [-0.39, 0.29) is 6.61 Å². The van der Waals surface area contributed by atoms with Crippen molar-refractivity contribution in [2.75, 3.05) is 6.61 Å². The van der Waals surface area contributed by atoms with Crippen molar-refractivity contribution in [3.05, 3.63) is 35.4 Å². The van der Waals surface area contributed by atoms with Crippen LogP contribution >= 0.6 is 0 Å². The quantitative estimate of drug-likeness (QED) is 0.389. The lowest BCUT2D eigenvalue weighted by molar-refractivity contribution is -0.174. The van der Waals surface area contributed by atoms with E-state index in [0.29, 0.717) is 19.4 Å². The summed E-state index contributed by atoms with van der Waals surface area (Å²) >= 11 is 0. The molecule has 0 aliphatic heterocycles. The average molecular weight is 320 g/mol. The molecule has 0 amide bonds. The molecule has 0 aliphatic carbocycles. The van der Waals surface area contributed by atoms with Gasteiger partial charge in [-0.3, -0.25) is 9.59 Å². The van der Waals surface area contributed by atoms with Crippen molar-refractivity contribution < 1.29 is 19.1 Å². The molecular weight excluding hydrogens is 292 g/mol. The number of carbonyl (C=O) groups is 2. The standard InChI is InChI=1S/C19H28O4/c1-5-8-12-22-17(20)19(6-2,7-3)18(21)23-14-16-11-9-10-15(4)13-16/h9-11,13H,5-8,12,14H2,1-4H3. The van der Waals surface area contributed by atoms with Crippen molar-refractivity contribution in [1.82, 2.24) is 0 Å². The Kier molecular flexibility index (Phi) is 7.79. The van der Waals surface area contributed by atoms with Gasteiger partial charge in [0.25, 0.3) is 0 Å². The van der Waals surface area contributed by atoms with Crippen molar-refractivity contribution in [2.24, 2.45) is 5.41 Å². The first-order valence-corrected chi connectivity index (χ1v) is 8.40. The van der Waals surface area contributed by atoms with Gasteiger partial charge in [-0.15, -0.1) is 0 Å². The molecule has 0 atom stereocenters. The van der Waals surface area contributed by atoms with Gasteiger partial charge in [-0.1, -0.05) is 57.0 Å².